The van der Waals surface area contributed by atoms with E-state index < -0.39 is 5.92 Å². The van der Waals surface area contributed by atoms with E-state index in [4.69, 9.17) is 9.90 Å². The van der Waals surface area contributed by atoms with Crippen molar-refractivity contribution in [1.82, 2.24) is 30.1 Å². The van der Waals surface area contributed by atoms with Gasteiger partial charge in [0.2, 0.25) is 16.9 Å². The van der Waals surface area contributed by atoms with Crippen LogP contribution in [0.25, 0.3) is 5.65 Å². The van der Waals surface area contributed by atoms with E-state index in [1.54, 1.807) is 4.90 Å². The molecule has 2 N–H and O–H groups in total. The van der Waals surface area contributed by atoms with Crippen molar-refractivity contribution in [1.29, 1.82) is 0 Å². The Balaban J connectivity index is 0.000000806. The van der Waals surface area contributed by atoms with Crippen molar-refractivity contribution < 1.29 is 19.5 Å². The Labute approximate surface area is 175 Å². The van der Waals surface area contributed by atoms with Gasteiger partial charge in [-0.15, -0.1) is 20.4 Å². The quantitative estimate of drug-likeness (QED) is 0.548. The number of aryl methyl sites for hydroxylation is 1. The molecule has 0 spiro atoms. The SMILES string of the molecule is CCCc1nnc(N2CC(C(=O)NCc3nnc4ccccn34)CC2=O)s1.O=CO. The van der Waals surface area contributed by atoms with Crippen LogP contribution in [0.15, 0.2) is 24.4 Å². The third kappa shape index (κ3) is 4.76. The average molecular weight is 431 g/mol. The van der Waals surface area contributed by atoms with E-state index in [-0.39, 0.29) is 31.3 Å². The fourth-order valence-electron chi connectivity index (χ4n) is 3.06. The highest BCUT2D eigenvalue weighted by atomic mass is 32.1. The number of pyridine rings is 1. The standard InChI is InChI=1S/C17H19N7O2S.CH2O2/c1-2-5-14-21-22-17(27-14)24-10-11(8-15(24)25)16(26)18-9-13-20-19-12-6-3-4-7-23(12)13;2-1-3/h3-4,6-7,11H,2,5,8-10H2,1H3,(H,18,26);1H,(H,2,3). The van der Waals surface area contributed by atoms with E-state index in [9.17, 15) is 9.59 Å². The molecule has 3 aromatic heterocycles. The summed E-state index contributed by atoms with van der Waals surface area (Å²) in [4.78, 5) is 34.8. The first-order valence-electron chi connectivity index (χ1n) is 9.34. The summed E-state index contributed by atoms with van der Waals surface area (Å²) >= 11 is 1.41. The number of carboxylic acid groups (broad SMARTS) is 1. The van der Waals surface area contributed by atoms with Gasteiger partial charge in [-0.1, -0.05) is 24.3 Å². The number of hydrogen-bond acceptors (Lipinski definition) is 8. The minimum atomic E-state index is -0.407. The van der Waals surface area contributed by atoms with Crippen LogP contribution in [0.4, 0.5) is 5.13 Å². The fourth-order valence-corrected chi connectivity index (χ4v) is 4.03. The third-order valence-corrected chi connectivity index (χ3v) is 5.46. The predicted octanol–water partition coefficient (Wildman–Crippen LogP) is 0.903. The lowest BCUT2D eigenvalue weighted by Crippen LogP contribution is -2.33. The molecule has 0 saturated carbocycles. The molecule has 4 rings (SSSR count). The molecule has 0 bridgehead atoms. The molecule has 158 valence electrons. The van der Waals surface area contributed by atoms with Crippen molar-refractivity contribution in [3.63, 3.8) is 0 Å². The molecule has 0 radical (unpaired) electrons. The number of nitrogens with zero attached hydrogens (tertiary/aromatic N) is 6. The summed E-state index contributed by atoms with van der Waals surface area (Å²) in [6, 6.07) is 5.61. The van der Waals surface area contributed by atoms with Gasteiger partial charge in [-0.05, 0) is 18.6 Å². The molecule has 2 amide bonds. The molecule has 1 atom stereocenters. The van der Waals surface area contributed by atoms with Crippen molar-refractivity contribution in [3.05, 3.63) is 35.2 Å². The molecule has 4 heterocycles. The van der Waals surface area contributed by atoms with Gasteiger partial charge < -0.3 is 10.4 Å². The average Bonchev–Trinajstić information content (AvgIpc) is 3.45. The number of fused-ring (bicyclic) bond motifs is 1. The number of amides is 2. The molecule has 1 fully saturated rings. The molecule has 11 nitrogen and oxygen atoms in total. The monoisotopic (exact) mass is 431 g/mol. The molecular weight excluding hydrogens is 410 g/mol. The summed E-state index contributed by atoms with van der Waals surface area (Å²) in [5.41, 5.74) is 0.725. The number of aromatic nitrogens is 5. The molecule has 1 saturated heterocycles. The van der Waals surface area contributed by atoms with Crippen molar-refractivity contribution in [2.45, 2.75) is 32.7 Å². The zero-order valence-electron chi connectivity index (χ0n) is 16.3. The van der Waals surface area contributed by atoms with Gasteiger partial charge >= 0.3 is 0 Å². The van der Waals surface area contributed by atoms with Gasteiger partial charge in [0.1, 0.15) is 5.01 Å². The van der Waals surface area contributed by atoms with Gasteiger partial charge in [-0.2, -0.15) is 0 Å². The summed E-state index contributed by atoms with van der Waals surface area (Å²) in [5, 5.41) is 27.6. The predicted molar refractivity (Wildman–Crippen MR) is 108 cm³/mol. The number of rotatable bonds is 6. The number of carbonyl (C=O) groups excluding carboxylic acids is 2. The molecule has 1 aliphatic rings. The summed E-state index contributed by atoms with van der Waals surface area (Å²) in [5.74, 6) is -0.0252. The maximum Gasteiger partial charge on any atom is 0.290 e. The lowest BCUT2D eigenvalue weighted by atomic mass is 10.1. The Morgan fingerprint density at radius 3 is 2.90 bits per heavy atom. The van der Waals surface area contributed by atoms with Crippen molar-refractivity contribution in [2.75, 3.05) is 11.4 Å². The zero-order valence-corrected chi connectivity index (χ0v) is 17.1. The van der Waals surface area contributed by atoms with Crippen LogP contribution in [0.2, 0.25) is 0 Å². The number of carbonyl (C=O) groups is 3. The molecule has 3 aromatic rings. The van der Waals surface area contributed by atoms with E-state index in [1.807, 2.05) is 28.8 Å². The van der Waals surface area contributed by atoms with Crippen LogP contribution < -0.4 is 10.2 Å². The van der Waals surface area contributed by atoms with Crippen LogP contribution >= 0.6 is 11.3 Å². The molecule has 1 aliphatic heterocycles. The fraction of sp³-hybridized carbons (Fsp3) is 0.389. The third-order valence-electron chi connectivity index (χ3n) is 4.45. The van der Waals surface area contributed by atoms with E-state index in [1.165, 1.54) is 11.3 Å². The summed E-state index contributed by atoms with van der Waals surface area (Å²) in [6.45, 7) is 2.40. The molecular formula is C18H21N7O4S. The van der Waals surface area contributed by atoms with Crippen LogP contribution in [0, 0.1) is 5.92 Å². The van der Waals surface area contributed by atoms with E-state index in [0.717, 1.165) is 23.5 Å². The van der Waals surface area contributed by atoms with Crippen LogP contribution in [-0.4, -0.2) is 54.7 Å². The van der Waals surface area contributed by atoms with Crippen molar-refractivity contribution in [3.8, 4) is 0 Å². The lowest BCUT2D eigenvalue weighted by Gasteiger charge is -2.12. The van der Waals surface area contributed by atoms with Gasteiger partial charge in [0.25, 0.3) is 6.47 Å². The molecule has 1 unspecified atom stereocenters. The van der Waals surface area contributed by atoms with Gasteiger partial charge in [0.05, 0.1) is 12.5 Å². The largest absolute Gasteiger partial charge is 0.483 e. The van der Waals surface area contributed by atoms with Gasteiger partial charge in [0, 0.05) is 25.6 Å². The Morgan fingerprint density at radius 2 is 2.13 bits per heavy atom. The number of hydrogen-bond donors (Lipinski definition) is 2. The maximum atomic E-state index is 12.5. The number of nitrogens with one attached hydrogen (secondary N) is 1. The first kappa shape index (κ1) is 21.3. The normalized spacial score (nSPS) is 15.7. The second-order valence-electron chi connectivity index (χ2n) is 6.50. The zero-order chi connectivity index (χ0) is 21.5. The van der Waals surface area contributed by atoms with Gasteiger partial charge in [-0.3, -0.25) is 23.7 Å². The van der Waals surface area contributed by atoms with Crippen LogP contribution in [0.1, 0.15) is 30.6 Å². The summed E-state index contributed by atoms with van der Waals surface area (Å²) in [7, 11) is 0. The minimum absolute atomic E-state index is 0.0951. The first-order chi connectivity index (χ1) is 14.6. The second-order valence-corrected chi connectivity index (χ2v) is 7.54. The number of anilines is 1. The highest BCUT2D eigenvalue weighted by Gasteiger charge is 2.36. The van der Waals surface area contributed by atoms with E-state index in [0.29, 0.717) is 17.5 Å². The van der Waals surface area contributed by atoms with Crippen LogP contribution in [0.3, 0.4) is 0 Å². The van der Waals surface area contributed by atoms with Gasteiger partial charge in [0.15, 0.2) is 11.5 Å². The van der Waals surface area contributed by atoms with Crippen LogP contribution in [-0.2, 0) is 27.3 Å². The van der Waals surface area contributed by atoms with E-state index >= 15 is 0 Å². The minimum Gasteiger partial charge on any atom is -0.483 e. The topological polar surface area (TPSA) is 143 Å². The maximum absolute atomic E-state index is 12.5. The van der Waals surface area contributed by atoms with E-state index in [2.05, 4.69) is 32.6 Å². The van der Waals surface area contributed by atoms with Gasteiger partial charge in [-0.25, -0.2) is 0 Å². The van der Waals surface area contributed by atoms with Crippen LogP contribution in [0.5, 0.6) is 0 Å². The second kappa shape index (κ2) is 9.87. The van der Waals surface area contributed by atoms with Crippen molar-refractivity contribution >= 4 is 40.4 Å². The first-order valence-corrected chi connectivity index (χ1v) is 10.2. The highest BCUT2D eigenvalue weighted by Crippen LogP contribution is 2.28. The highest BCUT2D eigenvalue weighted by molar-refractivity contribution is 7.15. The Hall–Kier alpha value is -3.41. The smallest absolute Gasteiger partial charge is 0.290 e. The molecule has 0 aromatic carbocycles. The molecule has 30 heavy (non-hydrogen) atoms. The molecule has 12 heteroatoms. The lowest BCUT2D eigenvalue weighted by molar-refractivity contribution is -0.126. The Bertz CT molecular complexity index is 1030. The summed E-state index contributed by atoms with van der Waals surface area (Å²) < 4.78 is 1.82. The Morgan fingerprint density at radius 1 is 1.33 bits per heavy atom. The van der Waals surface area contributed by atoms with Crippen molar-refractivity contribution in [2.24, 2.45) is 5.92 Å². The molecule has 0 aliphatic carbocycles. The summed E-state index contributed by atoms with van der Waals surface area (Å²) in [6.07, 6.45) is 3.84. The Kier molecular flexibility index (Phi) is 7.01.